The Labute approximate surface area is 471 Å². The Kier molecular flexibility index (Phi) is 17.7. The molecule has 82 heavy (non-hydrogen) atoms. The predicted molar refractivity (Wildman–Crippen MR) is 305 cm³/mol. The molecule has 422 valence electrons. The van der Waals surface area contributed by atoms with Gasteiger partial charge in [-0.2, -0.15) is 24.7 Å². The molecular formula is C57H62N18O7. The summed E-state index contributed by atoms with van der Waals surface area (Å²) >= 11 is 0. The zero-order chi connectivity index (χ0) is 58.9. The minimum absolute atomic E-state index is 0.118. The number of methoxy groups -OCH3 is 3. The predicted octanol–water partition coefficient (Wildman–Crippen LogP) is 8.40. The number of hydrogen-bond acceptors (Lipinski definition) is 17. The summed E-state index contributed by atoms with van der Waals surface area (Å²) in [5, 5.41) is 51.1. The number of rotatable bonds is 15. The molecule has 25 nitrogen and oxygen atoms in total. The summed E-state index contributed by atoms with van der Waals surface area (Å²) in [6, 6.07) is 21.2. The van der Waals surface area contributed by atoms with Gasteiger partial charge in [-0.1, -0.05) is 39.8 Å². The first-order chi connectivity index (χ1) is 39.3. The van der Waals surface area contributed by atoms with E-state index in [0.29, 0.717) is 63.3 Å². The molecule has 7 aromatic heterocycles. The van der Waals surface area contributed by atoms with Gasteiger partial charge in [-0.25, -0.2) is 14.8 Å². The van der Waals surface area contributed by atoms with E-state index in [-0.39, 0.29) is 29.2 Å². The number of aromatic carboxylic acids is 1. The van der Waals surface area contributed by atoms with Crippen LogP contribution in [0.4, 0.5) is 11.6 Å². The highest BCUT2D eigenvalue weighted by molar-refractivity contribution is 6.07. The number of nitrogens with one attached hydrogen (secondary N) is 2. The quantitative estimate of drug-likeness (QED) is 0.0868. The van der Waals surface area contributed by atoms with Gasteiger partial charge >= 0.3 is 5.97 Å². The third-order valence-corrected chi connectivity index (χ3v) is 12.8. The number of carbonyl (C=O) groups is 3. The van der Waals surface area contributed by atoms with E-state index in [1.54, 1.807) is 105 Å². The number of amides is 2. The molecule has 0 aliphatic rings. The second kappa shape index (κ2) is 25.1. The Bertz CT molecular complexity index is 3730. The van der Waals surface area contributed by atoms with Crippen molar-refractivity contribution < 1.29 is 33.7 Å². The van der Waals surface area contributed by atoms with Crippen molar-refractivity contribution in [3.8, 4) is 62.3 Å². The van der Waals surface area contributed by atoms with Crippen molar-refractivity contribution in [2.24, 2.45) is 21.1 Å². The van der Waals surface area contributed by atoms with E-state index in [0.717, 1.165) is 50.1 Å². The lowest BCUT2D eigenvalue weighted by Gasteiger charge is -2.13. The molecule has 0 saturated heterocycles. The second-order valence-corrected chi connectivity index (χ2v) is 19.5. The molecule has 3 N–H and O–H groups in total. The maximum atomic E-state index is 13.2. The summed E-state index contributed by atoms with van der Waals surface area (Å²) in [5.74, 6) is 3.04. The van der Waals surface area contributed by atoms with E-state index in [2.05, 4.69) is 66.9 Å². The lowest BCUT2D eigenvalue weighted by molar-refractivity contribution is 0.0692. The van der Waals surface area contributed by atoms with E-state index in [1.807, 2.05) is 112 Å². The lowest BCUT2D eigenvalue weighted by Crippen LogP contribution is -2.16. The smallest absolute Gasteiger partial charge is 0.339 e. The monoisotopic (exact) mass is 1110 g/mol. The van der Waals surface area contributed by atoms with Gasteiger partial charge in [0.15, 0.2) is 23.3 Å². The normalized spacial score (nSPS) is 10.9. The molecule has 0 unspecified atom stereocenters. The van der Waals surface area contributed by atoms with Gasteiger partial charge in [0.05, 0.1) is 51.0 Å². The number of anilines is 2. The van der Waals surface area contributed by atoms with E-state index >= 15 is 0 Å². The number of tetrazole rings is 2. The molecule has 0 atom stereocenters. The number of hydrogen-bond donors (Lipinski definition) is 3. The number of carbonyl (C=O) groups excluding carboxylic acids is 2. The van der Waals surface area contributed by atoms with Crippen LogP contribution in [0.1, 0.15) is 98.9 Å². The van der Waals surface area contributed by atoms with Crippen LogP contribution in [-0.2, 0) is 21.1 Å². The number of pyridine rings is 2. The van der Waals surface area contributed by atoms with Crippen molar-refractivity contribution in [1.82, 2.24) is 79.7 Å². The summed E-state index contributed by atoms with van der Waals surface area (Å²) in [4.78, 5) is 46.5. The lowest BCUT2D eigenvalue weighted by atomic mass is 9.99. The molecule has 0 saturated carbocycles. The van der Waals surface area contributed by atoms with E-state index in [1.165, 1.54) is 7.11 Å². The van der Waals surface area contributed by atoms with Crippen LogP contribution in [0.2, 0.25) is 0 Å². The van der Waals surface area contributed by atoms with Crippen LogP contribution in [0.3, 0.4) is 0 Å². The summed E-state index contributed by atoms with van der Waals surface area (Å²) in [7, 11) is 10.1. The first-order valence-electron chi connectivity index (χ1n) is 25.7. The Morgan fingerprint density at radius 1 is 0.512 bits per heavy atom. The number of aryl methyl sites for hydroxylation is 6. The van der Waals surface area contributed by atoms with Crippen LogP contribution >= 0.6 is 0 Å². The maximum Gasteiger partial charge on any atom is 0.339 e. The minimum Gasteiger partial charge on any atom is -0.496 e. The Morgan fingerprint density at radius 3 is 1.16 bits per heavy atom. The fraction of sp³-hybridized carbons (Fsp3) is 0.263. The minimum atomic E-state index is -1.00. The number of carboxylic acid groups (broad SMARTS) is 1. The average Bonchev–Trinajstić information content (AvgIpc) is 4.36. The van der Waals surface area contributed by atoms with Crippen LogP contribution in [0.15, 0.2) is 110 Å². The number of ether oxygens (including phenoxy) is 3. The topological polar surface area (TPSA) is 290 Å². The van der Waals surface area contributed by atoms with Gasteiger partial charge in [-0.3, -0.25) is 23.6 Å². The van der Waals surface area contributed by atoms with Gasteiger partial charge < -0.3 is 30.0 Å². The van der Waals surface area contributed by atoms with Crippen molar-refractivity contribution in [2.45, 2.75) is 60.3 Å². The largest absolute Gasteiger partial charge is 0.496 e. The summed E-state index contributed by atoms with van der Waals surface area (Å²) < 4.78 is 24.3. The maximum absolute atomic E-state index is 13.2. The van der Waals surface area contributed by atoms with Gasteiger partial charge in [-0.15, -0.1) is 10.2 Å². The zero-order valence-electron chi connectivity index (χ0n) is 47.6. The highest BCUT2D eigenvalue weighted by atomic mass is 16.5. The van der Waals surface area contributed by atoms with Gasteiger partial charge in [0.1, 0.15) is 34.4 Å². The molecule has 0 radical (unpaired) electrons. The van der Waals surface area contributed by atoms with Crippen LogP contribution in [-0.4, -0.2) is 124 Å². The van der Waals surface area contributed by atoms with Gasteiger partial charge in [0.2, 0.25) is 0 Å². The van der Waals surface area contributed by atoms with Crippen LogP contribution in [0, 0.1) is 20.8 Å². The summed E-state index contributed by atoms with van der Waals surface area (Å²) in [6.07, 6.45) is 10.9. The Balaban J connectivity index is 0.000000168. The summed E-state index contributed by atoms with van der Waals surface area (Å²) in [5.41, 5.74) is 9.24. The standard InChI is InChI=1S/2C22H24N8O2.C13H14N2O3/c2*1-13(2)21-26-27-28-30(21)20-8-6-7-19(24-20)25-22(31)17-10-16(14(3)9-18(17)32-5)15-11-23-29(4)12-15;1-8-4-12(18-3)11(13(16)17)5-10(8)9-6-14-15(2)7-9/h2*6-13H,1-5H3,(H,24,25,31);4-7H,1-3H3,(H,16,17). The zero-order valence-corrected chi connectivity index (χ0v) is 47.6. The highest BCUT2D eigenvalue weighted by Crippen LogP contribution is 2.34. The number of carboxylic acids is 1. The first kappa shape index (κ1) is 57.7. The molecule has 0 fully saturated rings. The first-order valence-corrected chi connectivity index (χ1v) is 25.7. The number of benzene rings is 3. The summed E-state index contributed by atoms with van der Waals surface area (Å²) in [6.45, 7) is 13.8. The SMILES string of the molecule is COc1cc(C)c(-c2cnn(C)c2)cc1C(=O)Nc1cccc(-n2nnnc2C(C)C)n1.COc1cc(C)c(-c2cnn(C)c2)cc1C(=O)Nc1cccc(-n2nnnc2C(C)C)n1.COc1cc(C)c(-c2cnn(C)c2)cc1C(=O)O. The van der Waals surface area contributed by atoms with Crippen molar-refractivity contribution in [3.63, 3.8) is 0 Å². The third kappa shape index (κ3) is 13.0. The fourth-order valence-corrected chi connectivity index (χ4v) is 8.71. The average molecular weight is 1110 g/mol. The molecule has 2 amide bonds. The second-order valence-electron chi connectivity index (χ2n) is 19.5. The number of nitrogens with zero attached hydrogens (tertiary/aromatic N) is 16. The van der Waals surface area contributed by atoms with Gasteiger partial charge in [0, 0.05) is 68.3 Å². The Morgan fingerprint density at radius 2 is 0.854 bits per heavy atom. The molecule has 0 aliphatic heterocycles. The van der Waals surface area contributed by atoms with Crippen molar-refractivity contribution in [1.29, 1.82) is 0 Å². The Hall–Kier alpha value is -10.5. The van der Waals surface area contributed by atoms with Gasteiger partial charge in [0.25, 0.3) is 11.8 Å². The molecule has 3 aromatic carbocycles. The molecule has 0 bridgehead atoms. The van der Waals surface area contributed by atoms with E-state index < -0.39 is 5.97 Å². The highest BCUT2D eigenvalue weighted by Gasteiger charge is 2.22. The molecular weight excluding hydrogens is 1050 g/mol. The van der Waals surface area contributed by atoms with E-state index in [4.69, 9.17) is 19.3 Å². The molecule has 10 rings (SSSR count). The van der Waals surface area contributed by atoms with Crippen LogP contribution in [0.5, 0.6) is 17.2 Å². The van der Waals surface area contributed by atoms with Crippen molar-refractivity contribution in [2.75, 3.05) is 32.0 Å². The molecule has 25 heteroatoms. The van der Waals surface area contributed by atoms with Gasteiger partial charge in [-0.05, 0) is 136 Å². The van der Waals surface area contributed by atoms with Crippen LogP contribution < -0.4 is 24.8 Å². The number of aromatic nitrogens is 16. The van der Waals surface area contributed by atoms with Crippen LogP contribution in [0.25, 0.3) is 45.0 Å². The molecule has 10 aromatic rings. The van der Waals surface area contributed by atoms with Crippen molar-refractivity contribution >= 4 is 29.4 Å². The fourth-order valence-electron chi connectivity index (χ4n) is 8.71. The molecule has 0 spiro atoms. The third-order valence-electron chi connectivity index (χ3n) is 12.8. The van der Waals surface area contributed by atoms with E-state index in [9.17, 15) is 14.4 Å². The van der Waals surface area contributed by atoms with Crippen molar-refractivity contribution in [3.05, 3.63) is 155 Å². The molecule has 7 heterocycles. The molecule has 0 aliphatic carbocycles.